The van der Waals surface area contributed by atoms with Gasteiger partial charge in [0.05, 0.1) is 12.8 Å². The zero-order chi connectivity index (χ0) is 27.3. The van der Waals surface area contributed by atoms with Gasteiger partial charge in [0.1, 0.15) is 24.7 Å². The maximum Gasteiger partial charge on any atom is 0.306 e. The minimum Gasteiger partial charge on any atom is -0.508 e. The van der Waals surface area contributed by atoms with Crippen LogP contribution < -0.4 is 0 Å². The van der Waals surface area contributed by atoms with Crippen LogP contribution in [0.2, 0.25) is 0 Å². The van der Waals surface area contributed by atoms with Crippen LogP contribution in [0, 0.1) is 0 Å². The summed E-state index contributed by atoms with van der Waals surface area (Å²) in [5.74, 6) is -0.390. The minimum absolute atomic E-state index is 0.00186. The van der Waals surface area contributed by atoms with Gasteiger partial charge in [-0.1, -0.05) is 79.7 Å². The van der Waals surface area contributed by atoms with Crippen molar-refractivity contribution in [3.05, 3.63) is 58.7 Å². The van der Waals surface area contributed by atoms with Gasteiger partial charge in [0, 0.05) is 0 Å². The van der Waals surface area contributed by atoms with Gasteiger partial charge >= 0.3 is 11.9 Å². The van der Waals surface area contributed by atoms with Crippen LogP contribution in [0.1, 0.15) is 102 Å². The molecule has 0 spiro atoms. The molecular weight excluding hydrogens is 456 g/mol. The minimum atomic E-state index is -0.365. The van der Waals surface area contributed by atoms with Crippen molar-refractivity contribution in [3.63, 3.8) is 0 Å². The molecule has 0 saturated heterocycles. The molecule has 6 heteroatoms. The average Bonchev–Trinajstić information content (AvgIpc) is 2.75. The van der Waals surface area contributed by atoms with Gasteiger partial charge in [0.2, 0.25) is 0 Å². The Balaban J connectivity index is 1.80. The third-order valence-corrected chi connectivity index (χ3v) is 6.35. The first-order valence-electron chi connectivity index (χ1n) is 12.6. The van der Waals surface area contributed by atoms with Gasteiger partial charge < -0.3 is 19.7 Å². The summed E-state index contributed by atoms with van der Waals surface area (Å²) in [5.41, 5.74) is 3.17. The monoisotopic (exact) mass is 498 g/mol. The zero-order valence-corrected chi connectivity index (χ0v) is 23.0. The van der Waals surface area contributed by atoms with Gasteiger partial charge in [-0.15, -0.1) is 0 Å². The standard InChI is InChI=1S/C30H42O6/c1-19(21-9-11-25(31)23(17-21)29(3,4)5)15-27(33)35-13-14-36-28(34)16-20(2)22-10-12-26(32)24(18-22)30(6,7)8/h9-12,17-20,31-32H,13-16H2,1-8H3. The lowest BCUT2D eigenvalue weighted by atomic mass is 9.83. The molecule has 0 saturated carbocycles. The van der Waals surface area contributed by atoms with E-state index in [1.807, 2.05) is 79.7 Å². The van der Waals surface area contributed by atoms with E-state index >= 15 is 0 Å². The number of benzene rings is 2. The van der Waals surface area contributed by atoms with Gasteiger partial charge in [-0.2, -0.15) is 0 Å². The van der Waals surface area contributed by atoms with Gasteiger partial charge in [-0.3, -0.25) is 9.59 Å². The summed E-state index contributed by atoms with van der Waals surface area (Å²) < 4.78 is 10.5. The first-order chi connectivity index (χ1) is 16.6. The number of carbonyl (C=O) groups is 2. The Bertz CT molecular complexity index is 973. The highest BCUT2D eigenvalue weighted by molar-refractivity contribution is 5.71. The Morgan fingerprint density at radius 2 is 1.03 bits per heavy atom. The number of ether oxygens (including phenoxy) is 2. The summed E-state index contributed by atoms with van der Waals surface area (Å²) in [4.78, 5) is 24.6. The summed E-state index contributed by atoms with van der Waals surface area (Å²) >= 11 is 0. The predicted molar refractivity (Wildman–Crippen MR) is 142 cm³/mol. The van der Waals surface area contributed by atoms with Crippen LogP contribution in [0.3, 0.4) is 0 Å². The van der Waals surface area contributed by atoms with E-state index < -0.39 is 0 Å². The van der Waals surface area contributed by atoms with Crippen LogP contribution in [0.5, 0.6) is 11.5 Å². The number of phenolic OH excluding ortho intramolecular Hbond substituents is 2. The number of aromatic hydroxyl groups is 2. The molecule has 198 valence electrons. The van der Waals surface area contributed by atoms with Crippen LogP contribution in [-0.4, -0.2) is 35.4 Å². The van der Waals surface area contributed by atoms with E-state index in [2.05, 4.69) is 0 Å². The molecular formula is C30H42O6. The molecule has 2 N–H and O–H groups in total. The molecule has 2 unspecified atom stereocenters. The molecule has 0 aromatic heterocycles. The van der Waals surface area contributed by atoms with Gasteiger partial charge in [-0.25, -0.2) is 0 Å². The fourth-order valence-electron chi connectivity index (χ4n) is 4.09. The molecule has 0 aliphatic heterocycles. The molecule has 0 radical (unpaired) electrons. The molecule has 0 bridgehead atoms. The molecule has 0 amide bonds. The molecule has 6 nitrogen and oxygen atoms in total. The number of esters is 2. The van der Waals surface area contributed by atoms with Gasteiger partial charge in [-0.05, 0) is 57.1 Å². The van der Waals surface area contributed by atoms with Crippen LogP contribution in [-0.2, 0) is 29.9 Å². The van der Waals surface area contributed by atoms with Gasteiger partial charge in [0.25, 0.3) is 0 Å². The lowest BCUT2D eigenvalue weighted by Crippen LogP contribution is -2.17. The number of phenols is 2. The molecule has 0 heterocycles. The summed E-state index contributed by atoms with van der Waals surface area (Å²) in [7, 11) is 0. The van der Waals surface area contributed by atoms with E-state index in [4.69, 9.17) is 9.47 Å². The third-order valence-electron chi connectivity index (χ3n) is 6.35. The Morgan fingerprint density at radius 3 is 1.33 bits per heavy atom. The van der Waals surface area contributed by atoms with E-state index in [9.17, 15) is 19.8 Å². The van der Waals surface area contributed by atoms with Crippen LogP contribution in [0.15, 0.2) is 36.4 Å². The smallest absolute Gasteiger partial charge is 0.306 e. The fourth-order valence-corrected chi connectivity index (χ4v) is 4.09. The summed E-state index contributed by atoms with van der Waals surface area (Å²) in [6.07, 6.45) is 0.382. The van der Waals surface area contributed by atoms with Crippen LogP contribution in [0.4, 0.5) is 0 Å². The highest BCUT2D eigenvalue weighted by Gasteiger charge is 2.22. The van der Waals surface area contributed by atoms with Crippen LogP contribution in [0.25, 0.3) is 0 Å². The van der Waals surface area contributed by atoms with Crippen molar-refractivity contribution in [3.8, 4) is 11.5 Å². The first kappa shape index (κ1) is 29.2. The molecule has 2 rings (SSSR count). The maximum atomic E-state index is 12.3. The number of hydrogen-bond donors (Lipinski definition) is 2. The molecule has 0 aliphatic rings. The molecule has 0 aliphatic carbocycles. The molecule has 0 fully saturated rings. The van der Waals surface area contributed by atoms with E-state index in [0.717, 1.165) is 22.3 Å². The molecule has 2 aromatic rings. The van der Waals surface area contributed by atoms with Crippen molar-refractivity contribution in [2.75, 3.05) is 13.2 Å². The third kappa shape index (κ3) is 8.28. The topological polar surface area (TPSA) is 93.1 Å². The summed E-state index contributed by atoms with van der Waals surface area (Å²) in [6.45, 7) is 16.1. The van der Waals surface area contributed by atoms with Crippen molar-refractivity contribution in [2.45, 2.75) is 90.9 Å². The Hall–Kier alpha value is -3.02. The number of rotatable bonds is 9. The second kappa shape index (κ2) is 11.8. The zero-order valence-electron chi connectivity index (χ0n) is 23.0. The number of carbonyl (C=O) groups excluding carboxylic acids is 2. The SMILES string of the molecule is CC(CC(=O)OCCOC(=O)CC(C)c1ccc(O)c(C(C)(C)C)c1)c1ccc(O)c(C(C)(C)C)c1. The number of hydrogen-bond acceptors (Lipinski definition) is 6. The van der Waals surface area contributed by atoms with E-state index in [-0.39, 0.29) is 72.2 Å². The van der Waals surface area contributed by atoms with Crippen molar-refractivity contribution in [1.82, 2.24) is 0 Å². The van der Waals surface area contributed by atoms with E-state index in [0.29, 0.717) is 0 Å². The Morgan fingerprint density at radius 1 is 0.694 bits per heavy atom. The highest BCUT2D eigenvalue weighted by atomic mass is 16.6. The predicted octanol–water partition coefficient (Wildman–Crippen LogP) is 6.47. The Labute approximate surface area is 215 Å². The molecule has 2 aromatic carbocycles. The highest BCUT2D eigenvalue weighted by Crippen LogP contribution is 2.35. The maximum absolute atomic E-state index is 12.3. The normalized spacial score (nSPS) is 13.7. The summed E-state index contributed by atoms with van der Waals surface area (Å²) in [5, 5.41) is 20.3. The second-order valence-electron chi connectivity index (χ2n) is 11.7. The van der Waals surface area contributed by atoms with Crippen LogP contribution >= 0.6 is 0 Å². The largest absolute Gasteiger partial charge is 0.508 e. The average molecular weight is 499 g/mol. The van der Waals surface area contributed by atoms with E-state index in [1.54, 1.807) is 12.1 Å². The van der Waals surface area contributed by atoms with Crippen molar-refractivity contribution in [1.29, 1.82) is 0 Å². The fraction of sp³-hybridized carbons (Fsp3) is 0.533. The van der Waals surface area contributed by atoms with E-state index in [1.165, 1.54) is 0 Å². The second-order valence-corrected chi connectivity index (χ2v) is 11.7. The molecule has 2 atom stereocenters. The Kier molecular flexibility index (Phi) is 9.58. The van der Waals surface area contributed by atoms with Crippen molar-refractivity contribution in [2.24, 2.45) is 0 Å². The van der Waals surface area contributed by atoms with Gasteiger partial charge in [0.15, 0.2) is 0 Å². The quantitative estimate of drug-likeness (QED) is 0.304. The first-order valence-corrected chi connectivity index (χ1v) is 12.6. The van der Waals surface area contributed by atoms with Crippen molar-refractivity contribution >= 4 is 11.9 Å². The lowest BCUT2D eigenvalue weighted by molar-refractivity contribution is -0.152. The molecule has 36 heavy (non-hydrogen) atoms. The van der Waals surface area contributed by atoms with Crippen molar-refractivity contribution < 1.29 is 29.3 Å². The summed E-state index contributed by atoms with van der Waals surface area (Å²) in [6, 6.07) is 10.9. The lowest BCUT2D eigenvalue weighted by Gasteiger charge is -2.22.